The van der Waals surface area contributed by atoms with Gasteiger partial charge in [0.2, 0.25) is 0 Å². The molecule has 3 aromatic rings. The van der Waals surface area contributed by atoms with Crippen LogP contribution in [0.1, 0.15) is 0 Å². The average Bonchev–Trinajstić information content (AvgIpc) is 2.77. The van der Waals surface area contributed by atoms with Crippen LogP contribution in [-0.2, 0) is 0 Å². The molecule has 0 amide bonds. The van der Waals surface area contributed by atoms with Gasteiger partial charge in [-0.3, -0.25) is 0 Å². The third-order valence-corrected chi connectivity index (χ3v) is 4.49. The molecule has 2 nitrogen and oxygen atoms in total. The molecule has 0 aliphatic carbocycles. The van der Waals surface area contributed by atoms with Crippen molar-refractivity contribution in [2.24, 2.45) is 0 Å². The van der Waals surface area contributed by atoms with Crippen molar-refractivity contribution in [3.05, 3.63) is 44.7 Å². The first-order valence-corrected chi connectivity index (χ1v) is 7.02. The SMILES string of the molecule is Clc1nnc(-c2cscc2Br)c2ccccc12. The molecule has 0 radical (unpaired) electrons. The lowest BCUT2D eigenvalue weighted by molar-refractivity contribution is 1.06. The van der Waals surface area contributed by atoms with Gasteiger partial charge in [0.1, 0.15) is 5.69 Å². The van der Waals surface area contributed by atoms with Crippen LogP contribution in [0.3, 0.4) is 0 Å². The summed E-state index contributed by atoms with van der Waals surface area (Å²) in [5, 5.41) is 14.7. The molecule has 2 heterocycles. The Morgan fingerprint density at radius 3 is 2.53 bits per heavy atom. The number of halogens is 2. The van der Waals surface area contributed by atoms with Crippen molar-refractivity contribution in [2.75, 3.05) is 0 Å². The predicted octanol–water partition coefficient (Wildman–Crippen LogP) is 4.77. The van der Waals surface area contributed by atoms with E-state index in [0.29, 0.717) is 5.15 Å². The first kappa shape index (κ1) is 11.1. The van der Waals surface area contributed by atoms with Gasteiger partial charge >= 0.3 is 0 Å². The summed E-state index contributed by atoms with van der Waals surface area (Å²) in [4.78, 5) is 0. The van der Waals surface area contributed by atoms with Crippen molar-refractivity contribution in [2.45, 2.75) is 0 Å². The van der Waals surface area contributed by atoms with Gasteiger partial charge in [0, 0.05) is 31.6 Å². The summed E-state index contributed by atoms with van der Waals surface area (Å²) in [5.41, 5.74) is 1.91. The predicted molar refractivity (Wildman–Crippen MR) is 75.6 cm³/mol. The van der Waals surface area contributed by atoms with Gasteiger partial charge in [-0.05, 0) is 15.9 Å². The molecule has 5 heteroatoms. The molecule has 1 aromatic carbocycles. The smallest absolute Gasteiger partial charge is 0.151 e. The van der Waals surface area contributed by atoms with Gasteiger partial charge in [-0.1, -0.05) is 35.9 Å². The summed E-state index contributed by atoms with van der Waals surface area (Å²) in [5.74, 6) is 0. The molecule has 0 N–H and O–H groups in total. The van der Waals surface area contributed by atoms with E-state index in [0.717, 1.165) is 26.5 Å². The molecular weight excluding hydrogens is 320 g/mol. The lowest BCUT2D eigenvalue weighted by atomic mass is 10.1. The monoisotopic (exact) mass is 324 g/mol. The van der Waals surface area contributed by atoms with Crippen molar-refractivity contribution in [3.63, 3.8) is 0 Å². The van der Waals surface area contributed by atoms with Crippen LogP contribution in [0.5, 0.6) is 0 Å². The zero-order chi connectivity index (χ0) is 11.8. The Bertz CT molecular complexity index is 696. The first-order chi connectivity index (χ1) is 8.27. The third kappa shape index (κ3) is 1.86. The van der Waals surface area contributed by atoms with E-state index in [-0.39, 0.29) is 0 Å². The molecule has 0 spiro atoms. The Hall–Kier alpha value is -0.970. The number of aromatic nitrogens is 2. The lowest BCUT2D eigenvalue weighted by Crippen LogP contribution is -1.90. The van der Waals surface area contributed by atoms with Crippen LogP contribution in [0.2, 0.25) is 5.15 Å². The highest BCUT2D eigenvalue weighted by atomic mass is 79.9. The summed E-state index contributed by atoms with van der Waals surface area (Å²) in [6.07, 6.45) is 0. The second-order valence-corrected chi connectivity index (χ2v) is 5.47. The van der Waals surface area contributed by atoms with E-state index in [1.807, 2.05) is 29.6 Å². The largest absolute Gasteiger partial charge is 0.159 e. The number of fused-ring (bicyclic) bond motifs is 1. The van der Waals surface area contributed by atoms with Crippen molar-refractivity contribution in [3.8, 4) is 11.3 Å². The molecule has 84 valence electrons. The molecule has 0 saturated heterocycles. The maximum atomic E-state index is 6.05. The molecule has 0 saturated carbocycles. The van der Waals surface area contributed by atoms with Gasteiger partial charge in [0.05, 0.1) is 0 Å². The topological polar surface area (TPSA) is 25.8 Å². The van der Waals surface area contributed by atoms with Crippen LogP contribution in [0, 0.1) is 0 Å². The maximum absolute atomic E-state index is 6.05. The average molecular weight is 326 g/mol. The van der Waals surface area contributed by atoms with Gasteiger partial charge in [-0.2, -0.15) is 11.3 Å². The van der Waals surface area contributed by atoms with Crippen molar-refractivity contribution in [1.82, 2.24) is 10.2 Å². The van der Waals surface area contributed by atoms with E-state index in [9.17, 15) is 0 Å². The molecule has 0 fully saturated rings. The van der Waals surface area contributed by atoms with E-state index in [1.54, 1.807) is 11.3 Å². The Kier molecular flexibility index (Phi) is 2.86. The van der Waals surface area contributed by atoms with Crippen molar-refractivity contribution < 1.29 is 0 Å². The van der Waals surface area contributed by atoms with Gasteiger partial charge in [0.25, 0.3) is 0 Å². The highest BCUT2D eigenvalue weighted by Gasteiger charge is 2.12. The van der Waals surface area contributed by atoms with E-state index >= 15 is 0 Å². The van der Waals surface area contributed by atoms with Crippen LogP contribution in [0.4, 0.5) is 0 Å². The Morgan fingerprint density at radius 2 is 1.82 bits per heavy atom. The van der Waals surface area contributed by atoms with Gasteiger partial charge in [-0.25, -0.2) is 0 Å². The van der Waals surface area contributed by atoms with Gasteiger partial charge < -0.3 is 0 Å². The Morgan fingerprint density at radius 1 is 1.06 bits per heavy atom. The van der Waals surface area contributed by atoms with E-state index < -0.39 is 0 Å². The standard InChI is InChI=1S/C12H6BrClN2S/c13-10-6-17-5-9(10)11-7-3-1-2-4-8(7)12(14)16-15-11/h1-6H. The van der Waals surface area contributed by atoms with E-state index in [1.165, 1.54) is 0 Å². The minimum absolute atomic E-state index is 0.440. The summed E-state index contributed by atoms with van der Waals surface area (Å²) >= 11 is 11.2. The Labute approximate surface area is 115 Å². The van der Waals surface area contributed by atoms with Crippen molar-refractivity contribution in [1.29, 1.82) is 0 Å². The Balaban J connectivity index is 2.39. The molecule has 2 aromatic heterocycles. The lowest BCUT2D eigenvalue weighted by Gasteiger charge is -2.04. The normalized spacial score (nSPS) is 10.9. The fourth-order valence-electron chi connectivity index (χ4n) is 1.72. The second kappa shape index (κ2) is 4.37. The minimum Gasteiger partial charge on any atom is -0.151 e. The summed E-state index contributed by atoms with van der Waals surface area (Å²) < 4.78 is 1.03. The van der Waals surface area contributed by atoms with E-state index in [2.05, 4.69) is 31.5 Å². The number of hydrogen-bond donors (Lipinski definition) is 0. The highest BCUT2D eigenvalue weighted by molar-refractivity contribution is 9.10. The van der Waals surface area contributed by atoms with Gasteiger partial charge in [0.15, 0.2) is 5.15 Å². The second-order valence-electron chi connectivity index (χ2n) is 3.52. The molecule has 0 aliphatic heterocycles. The molecule has 0 unspecified atom stereocenters. The quantitative estimate of drug-likeness (QED) is 0.644. The van der Waals surface area contributed by atoms with Gasteiger partial charge in [-0.15, -0.1) is 10.2 Å². The van der Waals surface area contributed by atoms with Crippen LogP contribution in [0.25, 0.3) is 22.0 Å². The number of thiophene rings is 1. The summed E-state index contributed by atoms with van der Waals surface area (Å²) in [6.45, 7) is 0. The summed E-state index contributed by atoms with van der Waals surface area (Å²) in [7, 11) is 0. The number of rotatable bonds is 1. The molecule has 17 heavy (non-hydrogen) atoms. The van der Waals surface area contributed by atoms with Crippen LogP contribution in [0.15, 0.2) is 39.5 Å². The van der Waals surface area contributed by atoms with Crippen LogP contribution >= 0.6 is 38.9 Å². The van der Waals surface area contributed by atoms with Crippen molar-refractivity contribution >= 4 is 49.6 Å². The van der Waals surface area contributed by atoms with Crippen LogP contribution in [-0.4, -0.2) is 10.2 Å². The van der Waals surface area contributed by atoms with E-state index in [4.69, 9.17) is 11.6 Å². The molecular formula is C12H6BrClN2S. The minimum atomic E-state index is 0.440. The zero-order valence-electron chi connectivity index (χ0n) is 8.52. The fraction of sp³-hybridized carbons (Fsp3) is 0. The zero-order valence-corrected chi connectivity index (χ0v) is 11.7. The highest BCUT2D eigenvalue weighted by Crippen LogP contribution is 2.35. The fourth-order valence-corrected chi connectivity index (χ4v) is 3.39. The maximum Gasteiger partial charge on any atom is 0.159 e. The molecule has 0 atom stereocenters. The number of nitrogens with zero attached hydrogens (tertiary/aromatic N) is 2. The molecule has 0 aliphatic rings. The first-order valence-electron chi connectivity index (χ1n) is 4.90. The third-order valence-electron chi connectivity index (χ3n) is 2.51. The summed E-state index contributed by atoms with van der Waals surface area (Å²) in [6, 6.07) is 7.89. The number of hydrogen-bond acceptors (Lipinski definition) is 3. The molecule has 3 rings (SSSR count). The number of benzene rings is 1. The molecule has 0 bridgehead atoms. The van der Waals surface area contributed by atoms with Crippen LogP contribution < -0.4 is 0 Å².